The van der Waals surface area contributed by atoms with Gasteiger partial charge in [-0.15, -0.1) is 0 Å². The Kier molecular flexibility index (Phi) is 1.22. The number of cyclic esters (lactones) is 1. The van der Waals surface area contributed by atoms with Gasteiger partial charge in [-0.05, 0) is 13.3 Å². The quantitative estimate of drug-likeness (QED) is 0.644. The molecule has 0 radical (unpaired) electrons. The SMILES string of the molecule is CC1OC(=O)C23CC12CNc1c(C#N)cnn13. The maximum absolute atomic E-state index is 12.0. The van der Waals surface area contributed by atoms with Crippen LogP contribution < -0.4 is 5.32 Å². The molecule has 1 N–H and O–H groups in total. The van der Waals surface area contributed by atoms with Crippen molar-refractivity contribution in [1.82, 2.24) is 9.78 Å². The number of hydrogen-bond acceptors (Lipinski definition) is 5. The summed E-state index contributed by atoms with van der Waals surface area (Å²) in [5.74, 6) is 0.437. The van der Waals surface area contributed by atoms with Crippen LogP contribution in [-0.2, 0) is 15.1 Å². The van der Waals surface area contributed by atoms with Crippen molar-refractivity contribution in [2.45, 2.75) is 25.0 Å². The van der Waals surface area contributed by atoms with Gasteiger partial charge in [0.2, 0.25) is 0 Å². The van der Waals surface area contributed by atoms with Crippen LogP contribution in [0.5, 0.6) is 0 Å². The highest BCUT2D eigenvalue weighted by Crippen LogP contribution is 2.71. The van der Waals surface area contributed by atoms with Crippen molar-refractivity contribution in [2.75, 3.05) is 11.9 Å². The Bertz CT molecular complexity index is 601. The molecule has 3 aliphatic rings. The molecule has 6 heteroatoms. The summed E-state index contributed by atoms with van der Waals surface area (Å²) in [6.07, 6.45) is 2.17. The molecule has 2 aliphatic heterocycles. The summed E-state index contributed by atoms with van der Waals surface area (Å²) in [4.78, 5) is 12.0. The van der Waals surface area contributed by atoms with E-state index in [0.717, 1.165) is 6.42 Å². The van der Waals surface area contributed by atoms with Crippen molar-refractivity contribution in [1.29, 1.82) is 5.26 Å². The average Bonchev–Trinajstić information content (AvgIpc) is 2.79. The third kappa shape index (κ3) is 0.687. The number of carbonyl (C=O) groups is 1. The highest BCUT2D eigenvalue weighted by molar-refractivity contribution is 5.89. The number of anilines is 1. The fourth-order valence-corrected chi connectivity index (χ4v) is 3.39. The first kappa shape index (κ1) is 9.05. The fraction of sp³-hybridized carbons (Fsp3) is 0.545. The zero-order valence-corrected chi connectivity index (χ0v) is 9.23. The normalized spacial score (nSPS) is 40.5. The highest BCUT2D eigenvalue weighted by atomic mass is 16.6. The molecule has 0 aromatic carbocycles. The summed E-state index contributed by atoms with van der Waals surface area (Å²) >= 11 is 0. The molecule has 1 aliphatic carbocycles. The lowest BCUT2D eigenvalue weighted by Gasteiger charge is -2.26. The Morgan fingerprint density at radius 2 is 2.59 bits per heavy atom. The predicted molar refractivity (Wildman–Crippen MR) is 56.0 cm³/mol. The predicted octanol–water partition coefficient (Wildman–Crippen LogP) is 0.211. The molecule has 3 atom stereocenters. The third-order valence-electron chi connectivity index (χ3n) is 4.49. The number of ether oxygens (including phenoxy) is 1. The van der Waals surface area contributed by atoms with E-state index < -0.39 is 5.54 Å². The molecule has 17 heavy (non-hydrogen) atoms. The summed E-state index contributed by atoms with van der Waals surface area (Å²) in [6.45, 7) is 2.59. The Hall–Kier alpha value is -2.03. The number of esters is 1. The van der Waals surface area contributed by atoms with E-state index in [2.05, 4.69) is 16.5 Å². The molecule has 1 saturated heterocycles. The van der Waals surface area contributed by atoms with Crippen LogP contribution in [-0.4, -0.2) is 28.4 Å². The van der Waals surface area contributed by atoms with Gasteiger partial charge in [-0.25, -0.2) is 9.48 Å². The van der Waals surface area contributed by atoms with E-state index in [0.29, 0.717) is 17.9 Å². The van der Waals surface area contributed by atoms with Crippen molar-refractivity contribution in [3.05, 3.63) is 11.8 Å². The zero-order chi connectivity index (χ0) is 11.8. The first-order valence-corrected chi connectivity index (χ1v) is 5.59. The molecule has 3 heterocycles. The summed E-state index contributed by atoms with van der Waals surface area (Å²) < 4.78 is 6.98. The van der Waals surface area contributed by atoms with Crippen LogP contribution in [0.15, 0.2) is 6.20 Å². The summed E-state index contributed by atoms with van der Waals surface area (Å²) in [7, 11) is 0. The molecule has 86 valence electrons. The van der Waals surface area contributed by atoms with Crippen molar-refractivity contribution in [3.8, 4) is 6.07 Å². The number of aromatic nitrogens is 2. The first-order chi connectivity index (χ1) is 8.15. The second-order valence-electron chi connectivity index (χ2n) is 5.02. The van der Waals surface area contributed by atoms with Gasteiger partial charge in [0, 0.05) is 6.54 Å². The van der Waals surface area contributed by atoms with Crippen LogP contribution in [0.4, 0.5) is 5.82 Å². The number of nitriles is 1. The van der Waals surface area contributed by atoms with Gasteiger partial charge in [-0.1, -0.05) is 0 Å². The van der Waals surface area contributed by atoms with E-state index in [4.69, 9.17) is 10.00 Å². The zero-order valence-electron chi connectivity index (χ0n) is 9.23. The minimum atomic E-state index is -0.651. The van der Waals surface area contributed by atoms with Crippen LogP contribution in [0.1, 0.15) is 18.9 Å². The largest absolute Gasteiger partial charge is 0.460 e. The number of nitrogens with one attached hydrogen (secondary N) is 1. The summed E-state index contributed by atoms with van der Waals surface area (Å²) in [6, 6.07) is 2.08. The lowest BCUT2D eigenvalue weighted by molar-refractivity contribution is -0.147. The molecular formula is C11H10N4O2. The Morgan fingerprint density at radius 1 is 1.76 bits per heavy atom. The van der Waals surface area contributed by atoms with Gasteiger partial charge in [-0.3, -0.25) is 0 Å². The molecule has 1 aromatic heterocycles. The van der Waals surface area contributed by atoms with Gasteiger partial charge in [0.1, 0.15) is 23.6 Å². The molecular weight excluding hydrogens is 220 g/mol. The van der Waals surface area contributed by atoms with Gasteiger partial charge in [0.15, 0.2) is 5.54 Å². The lowest BCUT2D eigenvalue weighted by Crippen LogP contribution is -2.39. The monoisotopic (exact) mass is 230 g/mol. The smallest absolute Gasteiger partial charge is 0.335 e. The standard InChI is InChI=1S/C11H10N4O2/c1-6-10-4-11(10,9(16)17-6)15-8(13-5-10)7(2-12)3-14-15/h3,6,13H,4-5H2,1H3. The van der Waals surface area contributed by atoms with Gasteiger partial charge >= 0.3 is 5.97 Å². The number of fused-ring (bicyclic) bond motifs is 1. The van der Waals surface area contributed by atoms with Crippen LogP contribution in [0.25, 0.3) is 0 Å². The van der Waals surface area contributed by atoms with Crippen molar-refractivity contribution in [2.24, 2.45) is 5.41 Å². The molecule has 3 unspecified atom stereocenters. The third-order valence-corrected chi connectivity index (χ3v) is 4.49. The van der Waals surface area contributed by atoms with Crippen molar-refractivity contribution < 1.29 is 9.53 Å². The van der Waals surface area contributed by atoms with E-state index >= 15 is 0 Å². The van der Waals surface area contributed by atoms with Crippen molar-refractivity contribution >= 4 is 11.8 Å². The molecule has 1 saturated carbocycles. The van der Waals surface area contributed by atoms with Gasteiger partial charge in [-0.2, -0.15) is 10.4 Å². The number of rotatable bonds is 0. The Morgan fingerprint density at radius 3 is 3.35 bits per heavy atom. The molecule has 2 fully saturated rings. The minimum Gasteiger partial charge on any atom is -0.460 e. The van der Waals surface area contributed by atoms with E-state index in [9.17, 15) is 4.79 Å². The minimum absolute atomic E-state index is 0.0922. The van der Waals surface area contributed by atoms with E-state index in [1.165, 1.54) is 6.20 Å². The highest BCUT2D eigenvalue weighted by Gasteiger charge is 2.84. The van der Waals surface area contributed by atoms with E-state index in [1.807, 2.05) is 6.92 Å². The maximum Gasteiger partial charge on any atom is 0.335 e. The van der Waals surface area contributed by atoms with Crippen LogP contribution in [0.3, 0.4) is 0 Å². The van der Waals surface area contributed by atoms with Gasteiger partial charge < -0.3 is 10.1 Å². The molecule has 1 aromatic rings. The second kappa shape index (κ2) is 2.30. The number of hydrogen-bond donors (Lipinski definition) is 1. The second-order valence-corrected chi connectivity index (χ2v) is 5.02. The summed E-state index contributed by atoms with van der Waals surface area (Å²) in [5.41, 5.74) is -0.343. The van der Waals surface area contributed by atoms with E-state index in [-0.39, 0.29) is 17.5 Å². The van der Waals surface area contributed by atoms with Crippen LogP contribution >= 0.6 is 0 Å². The van der Waals surface area contributed by atoms with Crippen LogP contribution in [0, 0.1) is 16.7 Å². The molecule has 0 amide bonds. The number of nitrogens with zero attached hydrogens (tertiary/aromatic N) is 3. The van der Waals surface area contributed by atoms with Crippen LogP contribution in [0.2, 0.25) is 0 Å². The Balaban J connectivity index is 1.97. The topological polar surface area (TPSA) is 79.9 Å². The van der Waals surface area contributed by atoms with Crippen molar-refractivity contribution in [3.63, 3.8) is 0 Å². The fourth-order valence-electron chi connectivity index (χ4n) is 3.39. The molecule has 0 spiro atoms. The first-order valence-electron chi connectivity index (χ1n) is 5.59. The lowest BCUT2D eigenvalue weighted by atomic mass is 9.94. The summed E-state index contributed by atoms with van der Waals surface area (Å²) in [5, 5.41) is 16.4. The molecule has 0 bridgehead atoms. The molecule has 4 rings (SSSR count). The molecule has 6 nitrogen and oxygen atoms in total. The maximum atomic E-state index is 12.0. The number of carbonyl (C=O) groups excluding carboxylic acids is 1. The van der Waals surface area contributed by atoms with Gasteiger partial charge in [0.25, 0.3) is 0 Å². The Labute approximate surface area is 97.2 Å². The van der Waals surface area contributed by atoms with E-state index in [1.54, 1.807) is 4.68 Å². The average molecular weight is 230 g/mol. The van der Waals surface area contributed by atoms with Gasteiger partial charge in [0.05, 0.1) is 11.6 Å².